The standard InChI is InChI=1S/C22H26N2O4S/c1-27-18-5-2-4-17(10-18)11-23-12-19(28-15-16-7-8-16)13-24(14-21(23)25)22(26)20-6-3-9-29-20/h2-6,9-10,16,19H,7-8,11-15H2,1H3. The summed E-state index contributed by atoms with van der Waals surface area (Å²) in [7, 11) is 1.63. The Morgan fingerprint density at radius 3 is 2.79 bits per heavy atom. The zero-order chi connectivity index (χ0) is 20.2. The minimum absolute atomic E-state index is 0.0600. The Balaban J connectivity index is 1.50. The Hall–Kier alpha value is -2.38. The smallest absolute Gasteiger partial charge is 0.264 e. The number of rotatable bonds is 7. The van der Waals surface area contributed by atoms with Crippen LogP contribution in [0.4, 0.5) is 0 Å². The molecule has 154 valence electrons. The molecule has 1 saturated carbocycles. The van der Waals surface area contributed by atoms with E-state index in [9.17, 15) is 9.59 Å². The van der Waals surface area contributed by atoms with Gasteiger partial charge >= 0.3 is 0 Å². The number of benzene rings is 1. The van der Waals surface area contributed by atoms with E-state index in [1.165, 1.54) is 24.2 Å². The van der Waals surface area contributed by atoms with Crippen LogP contribution in [0.1, 0.15) is 28.1 Å². The maximum Gasteiger partial charge on any atom is 0.264 e. The van der Waals surface area contributed by atoms with Crippen LogP contribution in [0, 0.1) is 5.92 Å². The molecular weight excluding hydrogens is 388 g/mol. The molecule has 2 amide bonds. The van der Waals surface area contributed by atoms with Gasteiger partial charge in [0, 0.05) is 26.2 Å². The zero-order valence-corrected chi connectivity index (χ0v) is 17.4. The van der Waals surface area contributed by atoms with Crippen LogP contribution >= 0.6 is 11.3 Å². The Bertz CT molecular complexity index is 850. The number of amides is 2. The molecule has 0 N–H and O–H groups in total. The van der Waals surface area contributed by atoms with Gasteiger partial charge in [-0.05, 0) is 47.9 Å². The molecule has 1 aliphatic carbocycles. The number of methoxy groups -OCH3 is 1. The average molecular weight is 415 g/mol. The summed E-state index contributed by atoms with van der Waals surface area (Å²) in [5.41, 5.74) is 0.997. The van der Waals surface area contributed by atoms with E-state index in [0.717, 1.165) is 11.3 Å². The van der Waals surface area contributed by atoms with Crippen molar-refractivity contribution in [2.75, 3.05) is 33.4 Å². The number of hydrogen-bond donors (Lipinski definition) is 0. The Morgan fingerprint density at radius 2 is 2.07 bits per heavy atom. The van der Waals surface area contributed by atoms with E-state index < -0.39 is 0 Å². The van der Waals surface area contributed by atoms with E-state index in [1.807, 2.05) is 35.7 Å². The van der Waals surface area contributed by atoms with E-state index in [-0.39, 0.29) is 24.5 Å². The predicted molar refractivity (Wildman–Crippen MR) is 111 cm³/mol. The van der Waals surface area contributed by atoms with E-state index in [1.54, 1.807) is 23.0 Å². The molecule has 1 aromatic heterocycles. The molecule has 4 rings (SSSR count). The first-order valence-corrected chi connectivity index (χ1v) is 10.9. The van der Waals surface area contributed by atoms with Gasteiger partial charge in [-0.3, -0.25) is 9.59 Å². The number of thiophene rings is 1. The number of ether oxygens (including phenoxy) is 2. The summed E-state index contributed by atoms with van der Waals surface area (Å²) in [5.74, 6) is 1.23. The van der Waals surface area contributed by atoms with Crippen molar-refractivity contribution in [2.24, 2.45) is 5.92 Å². The number of hydrogen-bond acceptors (Lipinski definition) is 5. The normalized spacial score (nSPS) is 19.9. The average Bonchev–Trinajstić information content (AvgIpc) is 3.43. The van der Waals surface area contributed by atoms with Gasteiger partial charge in [0.05, 0.1) is 18.1 Å². The first-order chi connectivity index (χ1) is 14.1. The molecule has 2 aliphatic rings. The van der Waals surface area contributed by atoms with Crippen LogP contribution in [0.5, 0.6) is 5.75 Å². The molecule has 1 unspecified atom stereocenters. The molecule has 0 spiro atoms. The Kier molecular flexibility index (Phi) is 6.16. The largest absolute Gasteiger partial charge is 0.497 e. The lowest BCUT2D eigenvalue weighted by Gasteiger charge is -2.25. The van der Waals surface area contributed by atoms with Gasteiger partial charge in [0.2, 0.25) is 5.91 Å². The van der Waals surface area contributed by atoms with E-state index in [2.05, 4.69) is 0 Å². The van der Waals surface area contributed by atoms with Crippen molar-refractivity contribution < 1.29 is 19.1 Å². The van der Waals surface area contributed by atoms with Crippen LogP contribution in [-0.2, 0) is 16.1 Å². The van der Waals surface area contributed by atoms with Gasteiger partial charge in [0.25, 0.3) is 5.91 Å². The molecule has 2 aromatic rings. The minimum Gasteiger partial charge on any atom is -0.497 e. The summed E-state index contributed by atoms with van der Waals surface area (Å²) >= 11 is 1.40. The molecule has 1 saturated heterocycles. The Labute approximate surface area is 175 Å². The highest BCUT2D eigenvalue weighted by atomic mass is 32.1. The van der Waals surface area contributed by atoms with Crippen molar-refractivity contribution in [2.45, 2.75) is 25.5 Å². The first kappa shape index (κ1) is 19.9. The maximum absolute atomic E-state index is 13.0. The molecule has 2 heterocycles. The Morgan fingerprint density at radius 1 is 1.21 bits per heavy atom. The third-order valence-corrected chi connectivity index (χ3v) is 6.18. The molecule has 1 aliphatic heterocycles. The number of carbonyl (C=O) groups is 2. The summed E-state index contributed by atoms with van der Waals surface area (Å²) in [5, 5.41) is 1.88. The fourth-order valence-corrected chi connectivity index (χ4v) is 4.19. The third-order valence-electron chi connectivity index (χ3n) is 5.32. The highest BCUT2D eigenvalue weighted by molar-refractivity contribution is 7.12. The third kappa shape index (κ3) is 5.16. The van der Waals surface area contributed by atoms with Crippen LogP contribution in [0.2, 0.25) is 0 Å². The second-order valence-electron chi connectivity index (χ2n) is 7.69. The van der Waals surface area contributed by atoms with Gasteiger partial charge in [-0.15, -0.1) is 11.3 Å². The summed E-state index contributed by atoms with van der Waals surface area (Å²) in [4.78, 5) is 30.0. The van der Waals surface area contributed by atoms with Gasteiger partial charge in [-0.1, -0.05) is 18.2 Å². The van der Waals surface area contributed by atoms with Gasteiger partial charge in [-0.25, -0.2) is 0 Å². The molecule has 2 fully saturated rings. The predicted octanol–water partition coefficient (Wildman–Crippen LogP) is 3.04. The fraction of sp³-hybridized carbons (Fsp3) is 0.455. The van der Waals surface area contributed by atoms with Crippen molar-refractivity contribution in [3.63, 3.8) is 0 Å². The topological polar surface area (TPSA) is 59.1 Å². The molecule has 1 aromatic carbocycles. The molecule has 0 bridgehead atoms. The second-order valence-corrected chi connectivity index (χ2v) is 8.64. The number of nitrogens with zero attached hydrogens (tertiary/aromatic N) is 2. The van der Waals surface area contributed by atoms with Crippen LogP contribution in [0.3, 0.4) is 0 Å². The summed E-state index contributed by atoms with van der Waals surface area (Å²) in [6.07, 6.45) is 2.23. The van der Waals surface area contributed by atoms with Crippen LogP contribution in [0.15, 0.2) is 41.8 Å². The van der Waals surface area contributed by atoms with Crippen molar-refractivity contribution in [3.8, 4) is 5.75 Å². The quantitative estimate of drug-likeness (QED) is 0.699. The van der Waals surface area contributed by atoms with Crippen molar-refractivity contribution in [1.82, 2.24) is 9.80 Å². The minimum atomic E-state index is -0.184. The van der Waals surface area contributed by atoms with Crippen molar-refractivity contribution in [1.29, 1.82) is 0 Å². The van der Waals surface area contributed by atoms with E-state index in [4.69, 9.17) is 9.47 Å². The van der Waals surface area contributed by atoms with E-state index >= 15 is 0 Å². The van der Waals surface area contributed by atoms with Gasteiger partial charge in [0.1, 0.15) is 12.3 Å². The van der Waals surface area contributed by atoms with Gasteiger partial charge in [0.15, 0.2) is 0 Å². The van der Waals surface area contributed by atoms with Crippen LogP contribution in [0.25, 0.3) is 0 Å². The van der Waals surface area contributed by atoms with Crippen molar-refractivity contribution in [3.05, 3.63) is 52.2 Å². The lowest BCUT2D eigenvalue weighted by atomic mass is 10.2. The van der Waals surface area contributed by atoms with Gasteiger partial charge in [-0.2, -0.15) is 0 Å². The first-order valence-electron chi connectivity index (χ1n) is 9.97. The highest BCUT2D eigenvalue weighted by Crippen LogP contribution is 2.29. The molecule has 1 atom stereocenters. The number of carbonyl (C=O) groups excluding carboxylic acids is 2. The van der Waals surface area contributed by atoms with Gasteiger partial charge < -0.3 is 19.3 Å². The molecule has 7 heteroatoms. The lowest BCUT2D eigenvalue weighted by Crippen LogP contribution is -2.39. The summed E-state index contributed by atoms with van der Waals surface area (Å²) < 4.78 is 11.4. The molecule has 6 nitrogen and oxygen atoms in total. The van der Waals surface area contributed by atoms with E-state index in [0.29, 0.717) is 37.0 Å². The molecule has 0 radical (unpaired) electrons. The zero-order valence-electron chi connectivity index (χ0n) is 16.6. The fourth-order valence-electron chi connectivity index (χ4n) is 3.50. The highest BCUT2D eigenvalue weighted by Gasteiger charge is 2.33. The van der Waals surface area contributed by atoms with Crippen LogP contribution in [-0.4, -0.2) is 61.1 Å². The summed E-state index contributed by atoms with van der Waals surface area (Å²) in [6.45, 7) is 2.16. The maximum atomic E-state index is 13.0. The summed E-state index contributed by atoms with van der Waals surface area (Å²) in [6, 6.07) is 11.4. The molecule has 29 heavy (non-hydrogen) atoms. The molecular formula is C22H26N2O4S. The van der Waals surface area contributed by atoms with Crippen molar-refractivity contribution >= 4 is 23.2 Å². The SMILES string of the molecule is COc1cccc(CN2CC(OCC3CC3)CN(C(=O)c3cccs3)CC2=O)c1. The lowest BCUT2D eigenvalue weighted by molar-refractivity contribution is -0.132. The second kappa shape index (κ2) is 8.97. The monoisotopic (exact) mass is 414 g/mol. The van der Waals surface area contributed by atoms with Crippen LogP contribution < -0.4 is 4.74 Å².